The van der Waals surface area contributed by atoms with E-state index in [-0.39, 0.29) is 35.2 Å². The number of hydrogen-bond acceptors (Lipinski definition) is 12. The second-order valence-corrected chi connectivity index (χ2v) is 17.3. The average molecular weight is 853 g/mol. The number of para-hydroxylation sites is 2. The van der Waals surface area contributed by atoms with E-state index in [1.165, 1.54) is 23.1 Å². The topological polar surface area (TPSA) is 152 Å². The van der Waals surface area contributed by atoms with Gasteiger partial charge in [-0.1, -0.05) is 48.0 Å². The van der Waals surface area contributed by atoms with Gasteiger partial charge in [-0.2, -0.15) is 4.98 Å². The van der Waals surface area contributed by atoms with Gasteiger partial charge < -0.3 is 25.2 Å². The maximum atomic E-state index is 12.2. The largest absolute Gasteiger partial charge is 0.494 e. The molecule has 17 heteroatoms. The molecule has 4 heterocycles. The highest BCUT2D eigenvalue weighted by molar-refractivity contribution is 7.92. The van der Waals surface area contributed by atoms with Crippen molar-refractivity contribution in [2.24, 2.45) is 0 Å². The van der Waals surface area contributed by atoms with Crippen molar-refractivity contribution in [2.45, 2.75) is 44.1 Å². The minimum atomic E-state index is -3.49. The Balaban J connectivity index is 0.00000567. The molecule has 310 valence electrons. The number of benzene rings is 3. The number of sulfonamides is 1. The summed E-state index contributed by atoms with van der Waals surface area (Å²) < 4.78 is 31.5. The quantitative estimate of drug-likeness (QED) is 0.140. The van der Waals surface area contributed by atoms with Crippen LogP contribution in [0.5, 0.6) is 5.75 Å². The third kappa shape index (κ3) is 10.3. The number of rotatable bonds is 13. The van der Waals surface area contributed by atoms with Crippen molar-refractivity contribution in [3.63, 3.8) is 0 Å². The van der Waals surface area contributed by atoms with Crippen LogP contribution in [0.15, 0.2) is 72.9 Å². The van der Waals surface area contributed by atoms with E-state index < -0.39 is 10.0 Å². The van der Waals surface area contributed by atoms with E-state index >= 15 is 0 Å². The lowest BCUT2D eigenvalue weighted by molar-refractivity contribution is -0.134. The van der Waals surface area contributed by atoms with Gasteiger partial charge in [0.15, 0.2) is 5.82 Å². The predicted molar refractivity (Wildman–Crippen MR) is 232 cm³/mol. The summed E-state index contributed by atoms with van der Waals surface area (Å²) in [6.45, 7) is 7.06. The first-order valence-corrected chi connectivity index (χ1v) is 21.6. The van der Waals surface area contributed by atoms with Gasteiger partial charge in [0, 0.05) is 64.0 Å². The van der Waals surface area contributed by atoms with Gasteiger partial charge in [0.2, 0.25) is 27.8 Å². The number of carbonyl (C=O) groups is 2. The number of halogens is 2. The summed E-state index contributed by atoms with van der Waals surface area (Å²) in [6.07, 6.45) is 6.91. The van der Waals surface area contributed by atoms with E-state index in [2.05, 4.69) is 58.8 Å². The SMILES string of the molecule is COc1cc(N2CCN(C3CCN(CCc4ccc(C5CCC(=O)NC5=O)cc4)CC3)CC2)ccc1Nc1ncc(Cl)c(Nc2ccccc2N(C)S(C)(=O)=O)n1.Cl. The maximum Gasteiger partial charge on any atom is 0.234 e. The van der Waals surface area contributed by atoms with Crippen LogP contribution in [-0.2, 0) is 26.0 Å². The number of methoxy groups -OCH3 is 1. The van der Waals surface area contributed by atoms with E-state index in [1.807, 2.05) is 24.3 Å². The molecule has 3 fully saturated rings. The van der Waals surface area contributed by atoms with Crippen LogP contribution < -0.4 is 29.9 Å². The van der Waals surface area contributed by atoms with Gasteiger partial charge in [0.05, 0.1) is 42.5 Å². The van der Waals surface area contributed by atoms with Crippen LogP contribution in [0, 0.1) is 0 Å². The Kier molecular flexibility index (Phi) is 14.0. The molecule has 0 saturated carbocycles. The molecule has 1 aromatic heterocycles. The molecule has 0 radical (unpaired) electrons. The van der Waals surface area contributed by atoms with Gasteiger partial charge in [0.1, 0.15) is 10.8 Å². The van der Waals surface area contributed by atoms with Crippen molar-refractivity contribution in [3.05, 3.63) is 89.1 Å². The second-order valence-electron chi connectivity index (χ2n) is 14.9. The van der Waals surface area contributed by atoms with Crippen molar-refractivity contribution in [1.82, 2.24) is 25.1 Å². The molecule has 1 unspecified atom stereocenters. The summed E-state index contributed by atoms with van der Waals surface area (Å²) in [7, 11) is -0.363. The van der Waals surface area contributed by atoms with Crippen molar-refractivity contribution >= 4 is 80.4 Å². The van der Waals surface area contributed by atoms with Gasteiger partial charge >= 0.3 is 0 Å². The summed E-state index contributed by atoms with van der Waals surface area (Å²) in [4.78, 5) is 40.3. The number of likely N-dealkylation sites (tertiary alicyclic amines) is 1. The number of anilines is 6. The highest BCUT2D eigenvalue weighted by Crippen LogP contribution is 2.35. The fraction of sp³-hybridized carbons (Fsp3) is 0.415. The molecule has 4 aromatic rings. The molecule has 3 aliphatic heterocycles. The monoisotopic (exact) mass is 851 g/mol. The number of piperidine rings is 2. The summed E-state index contributed by atoms with van der Waals surface area (Å²) in [6, 6.07) is 22.0. The predicted octanol–water partition coefficient (Wildman–Crippen LogP) is 5.79. The van der Waals surface area contributed by atoms with Crippen molar-refractivity contribution < 1.29 is 22.7 Å². The molecule has 0 spiro atoms. The van der Waals surface area contributed by atoms with Crippen LogP contribution in [0.25, 0.3) is 0 Å². The lowest BCUT2D eigenvalue weighted by Crippen LogP contribution is -2.53. The number of imide groups is 1. The number of amides is 2. The van der Waals surface area contributed by atoms with E-state index in [0.717, 1.165) is 82.6 Å². The van der Waals surface area contributed by atoms with Crippen molar-refractivity contribution in [1.29, 1.82) is 0 Å². The summed E-state index contributed by atoms with van der Waals surface area (Å²) in [5.41, 5.74) is 5.01. The second kappa shape index (κ2) is 18.9. The molecule has 0 aliphatic carbocycles. The third-order valence-electron chi connectivity index (χ3n) is 11.3. The number of hydrogen-bond donors (Lipinski definition) is 3. The number of piperazine rings is 1. The first-order valence-electron chi connectivity index (χ1n) is 19.4. The molecular weight excluding hydrogens is 801 g/mol. The van der Waals surface area contributed by atoms with Gasteiger partial charge in [-0.15, -0.1) is 12.4 Å². The van der Waals surface area contributed by atoms with Gasteiger partial charge in [-0.3, -0.25) is 24.1 Å². The Hall–Kier alpha value is -4.67. The standard InChI is InChI=1S/C41H50ClN9O5S.ClH/c1-48(57(3,54)55)36-7-5-4-6-34(36)44-39-33(42)27-43-41(47-39)45-35-14-12-31(26-37(35)56-2)51-24-22-50(23-25-51)30-17-20-49(21-18-30)19-16-28-8-10-29(11-9-28)32-13-15-38(52)46-40(32)53;/h4-12,14,26-27,30,32H,13,15-25H2,1-3H3,(H,46,52,53)(H2,43,44,45,47);1H. The molecule has 14 nitrogen and oxygen atoms in total. The Morgan fingerprint density at radius 3 is 2.34 bits per heavy atom. The van der Waals surface area contributed by atoms with Crippen molar-refractivity contribution in [2.75, 3.05) is 86.1 Å². The zero-order valence-electron chi connectivity index (χ0n) is 33.0. The molecule has 7 rings (SSSR count). The lowest BCUT2D eigenvalue weighted by atomic mass is 9.90. The van der Waals surface area contributed by atoms with Gasteiger partial charge in [0.25, 0.3) is 0 Å². The fourth-order valence-electron chi connectivity index (χ4n) is 7.84. The van der Waals surface area contributed by atoms with Gasteiger partial charge in [-0.25, -0.2) is 13.4 Å². The van der Waals surface area contributed by atoms with Gasteiger partial charge in [-0.05, 0) is 74.2 Å². The number of nitrogens with one attached hydrogen (secondary N) is 3. The van der Waals surface area contributed by atoms with Crippen molar-refractivity contribution in [3.8, 4) is 5.75 Å². The Bertz CT molecular complexity index is 2180. The zero-order chi connectivity index (χ0) is 40.1. The van der Waals surface area contributed by atoms with E-state index in [1.54, 1.807) is 31.4 Å². The highest BCUT2D eigenvalue weighted by Gasteiger charge is 2.29. The molecule has 3 aromatic carbocycles. The minimum absolute atomic E-state index is 0. The van der Waals surface area contributed by atoms with Crippen LogP contribution in [0.2, 0.25) is 5.02 Å². The van der Waals surface area contributed by atoms with Crippen LogP contribution >= 0.6 is 24.0 Å². The maximum absolute atomic E-state index is 12.2. The summed E-state index contributed by atoms with van der Waals surface area (Å²) in [5, 5.41) is 9.15. The molecule has 58 heavy (non-hydrogen) atoms. The number of nitrogens with zero attached hydrogens (tertiary/aromatic N) is 6. The van der Waals surface area contributed by atoms with E-state index in [0.29, 0.717) is 53.5 Å². The Morgan fingerprint density at radius 2 is 1.66 bits per heavy atom. The molecule has 0 bridgehead atoms. The van der Waals surface area contributed by atoms with E-state index in [4.69, 9.17) is 16.3 Å². The average Bonchev–Trinajstić information content (AvgIpc) is 3.21. The first-order chi connectivity index (χ1) is 27.4. The van der Waals surface area contributed by atoms with E-state index in [9.17, 15) is 18.0 Å². The molecule has 1 atom stereocenters. The highest BCUT2D eigenvalue weighted by atomic mass is 35.5. The smallest absolute Gasteiger partial charge is 0.234 e. The first kappa shape index (κ1) is 42.9. The van der Waals surface area contributed by atoms with Crippen LogP contribution in [0.1, 0.15) is 42.7 Å². The Labute approximate surface area is 351 Å². The molecule has 3 aliphatic rings. The molecular formula is C41H51Cl2N9O5S. The van der Waals surface area contributed by atoms with Crippen LogP contribution in [0.4, 0.5) is 34.5 Å². The van der Waals surface area contributed by atoms with Crippen LogP contribution in [-0.4, -0.2) is 112 Å². The molecule has 3 N–H and O–H groups in total. The zero-order valence-corrected chi connectivity index (χ0v) is 35.4. The number of ether oxygens (including phenoxy) is 1. The lowest BCUT2D eigenvalue weighted by Gasteiger charge is -2.43. The normalized spacial score (nSPS) is 18.3. The number of carbonyl (C=O) groups excluding carboxylic acids is 2. The minimum Gasteiger partial charge on any atom is -0.494 e. The summed E-state index contributed by atoms with van der Waals surface area (Å²) in [5.74, 6) is 0.655. The third-order valence-corrected chi connectivity index (χ3v) is 12.7. The number of aromatic nitrogens is 2. The molecule has 2 amide bonds. The Morgan fingerprint density at radius 1 is 0.931 bits per heavy atom. The molecule has 3 saturated heterocycles. The fourth-order valence-corrected chi connectivity index (χ4v) is 8.50. The summed E-state index contributed by atoms with van der Waals surface area (Å²) >= 11 is 6.47. The van der Waals surface area contributed by atoms with Crippen LogP contribution in [0.3, 0.4) is 0 Å².